The number of carboxylic acid groups (broad SMARTS) is 1. The molecular weight excluding hydrogens is 346 g/mol. The predicted molar refractivity (Wildman–Crippen MR) is 75.7 cm³/mol. The predicted octanol–water partition coefficient (Wildman–Crippen LogP) is 1.78. The van der Waals surface area contributed by atoms with Crippen molar-refractivity contribution in [1.29, 1.82) is 0 Å². The molecule has 0 aliphatic heterocycles. The first-order valence-electron chi connectivity index (χ1n) is 5.81. The fourth-order valence-corrected chi connectivity index (χ4v) is 2.32. The SMILES string of the molecule is O=C(O)c1nn(-c2ccc([N+](=O)[O-])c(Br)c2)cc1CCO. The molecule has 2 rings (SSSR count). The lowest BCUT2D eigenvalue weighted by molar-refractivity contribution is -0.385. The highest BCUT2D eigenvalue weighted by Gasteiger charge is 2.18. The van der Waals surface area contributed by atoms with Crippen molar-refractivity contribution in [2.45, 2.75) is 6.42 Å². The van der Waals surface area contributed by atoms with Crippen LogP contribution in [-0.2, 0) is 6.42 Å². The van der Waals surface area contributed by atoms with E-state index in [1.54, 1.807) is 0 Å². The van der Waals surface area contributed by atoms with Gasteiger partial charge in [0.1, 0.15) is 0 Å². The number of benzene rings is 1. The van der Waals surface area contributed by atoms with E-state index in [0.717, 1.165) is 0 Å². The van der Waals surface area contributed by atoms with Gasteiger partial charge >= 0.3 is 5.97 Å². The maximum Gasteiger partial charge on any atom is 0.356 e. The normalized spacial score (nSPS) is 10.6. The lowest BCUT2D eigenvalue weighted by atomic mass is 10.2. The summed E-state index contributed by atoms with van der Waals surface area (Å²) >= 11 is 3.09. The second-order valence-electron chi connectivity index (χ2n) is 4.12. The molecule has 2 aromatic rings. The van der Waals surface area contributed by atoms with E-state index in [9.17, 15) is 14.9 Å². The molecule has 9 heteroatoms. The lowest BCUT2D eigenvalue weighted by Crippen LogP contribution is -2.04. The minimum atomic E-state index is -1.20. The first kappa shape index (κ1) is 15.1. The molecule has 110 valence electrons. The average Bonchev–Trinajstić information content (AvgIpc) is 2.83. The fraction of sp³-hybridized carbons (Fsp3) is 0.167. The van der Waals surface area contributed by atoms with Gasteiger partial charge in [0.2, 0.25) is 0 Å². The smallest absolute Gasteiger partial charge is 0.356 e. The van der Waals surface area contributed by atoms with Crippen LogP contribution >= 0.6 is 15.9 Å². The number of aromatic nitrogens is 2. The van der Waals surface area contributed by atoms with Gasteiger partial charge in [0.15, 0.2) is 5.69 Å². The molecule has 0 unspecified atom stereocenters. The van der Waals surface area contributed by atoms with Gasteiger partial charge in [-0.05, 0) is 34.5 Å². The Morgan fingerprint density at radius 3 is 2.71 bits per heavy atom. The Kier molecular flexibility index (Phi) is 4.34. The highest BCUT2D eigenvalue weighted by Crippen LogP contribution is 2.27. The number of hydrogen-bond acceptors (Lipinski definition) is 5. The molecular formula is C12H10BrN3O5. The van der Waals surface area contributed by atoms with E-state index in [4.69, 9.17) is 10.2 Å². The van der Waals surface area contributed by atoms with Crippen molar-refractivity contribution in [1.82, 2.24) is 9.78 Å². The zero-order valence-corrected chi connectivity index (χ0v) is 12.1. The molecule has 2 N–H and O–H groups in total. The topological polar surface area (TPSA) is 118 Å². The number of nitro benzene ring substituents is 1. The molecule has 1 aromatic carbocycles. The highest BCUT2D eigenvalue weighted by molar-refractivity contribution is 9.10. The average molecular weight is 356 g/mol. The van der Waals surface area contributed by atoms with Crippen LogP contribution in [0.5, 0.6) is 0 Å². The van der Waals surface area contributed by atoms with Gasteiger partial charge in [-0.1, -0.05) is 0 Å². The van der Waals surface area contributed by atoms with Crippen LogP contribution in [0, 0.1) is 10.1 Å². The number of rotatable bonds is 5. The molecule has 0 radical (unpaired) electrons. The Morgan fingerprint density at radius 1 is 1.48 bits per heavy atom. The van der Waals surface area contributed by atoms with Crippen LogP contribution in [0.1, 0.15) is 16.1 Å². The summed E-state index contributed by atoms with van der Waals surface area (Å²) in [5.74, 6) is -1.20. The minimum Gasteiger partial charge on any atom is -0.476 e. The second-order valence-corrected chi connectivity index (χ2v) is 4.97. The molecule has 0 atom stereocenters. The summed E-state index contributed by atoms with van der Waals surface area (Å²) in [6.45, 7) is -0.198. The highest BCUT2D eigenvalue weighted by atomic mass is 79.9. The van der Waals surface area contributed by atoms with E-state index in [2.05, 4.69) is 21.0 Å². The van der Waals surface area contributed by atoms with Gasteiger partial charge in [0, 0.05) is 24.4 Å². The summed E-state index contributed by atoms with van der Waals surface area (Å²) < 4.78 is 1.57. The van der Waals surface area contributed by atoms with Gasteiger partial charge in [-0.2, -0.15) is 5.10 Å². The second kappa shape index (κ2) is 6.02. The van der Waals surface area contributed by atoms with E-state index in [-0.39, 0.29) is 28.9 Å². The number of aliphatic hydroxyl groups excluding tert-OH is 1. The van der Waals surface area contributed by atoms with E-state index in [1.807, 2.05) is 0 Å². The van der Waals surface area contributed by atoms with Crippen LogP contribution in [0.4, 0.5) is 5.69 Å². The molecule has 0 aliphatic rings. The molecule has 0 saturated carbocycles. The third-order valence-corrected chi connectivity index (χ3v) is 3.40. The third-order valence-electron chi connectivity index (χ3n) is 2.77. The Balaban J connectivity index is 2.47. The Bertz CT molecular complexity index is 713. The maximum absolute atomic E-state index is 11.1. The number of nitrogens with zero attached hydrogens (tertiary/aromatic N) is 3. The first-order chi connectivity index (χ1) is 9.93. The van der Waals surface area contributed by atoms with Crippen molar-refractivity contribution in [2.24, 2.45) is 0 Å². The number of aliphatic hydroxyl groups is 1. The van der Waals surface area contributed by atoms with Gasteiger partial charge in [-0.25, -0.2) is 9.48 Å². The van der Waals surface area contributed by atoms with Crippen molar-refractivity contribution in [3.63, 3.8) is 0 Å². The van der Waals surface area contributed by atoms with Gasteiger partial charge in [-0.15, -0.1) is 0 Å². The van der Waals surface area contributed by atoms with Crippen LogP contribution in [-0.4, -0.2) is 37.5 Å². The van der Waals surface area contributed by atoms with E-state index >= 15 is 0 Å². The Labute approximate surface area is 126 Å². The van der Waals surface area contributed by atoms with Crippen molar-refractivity contribution in [3.8, 4) is 5.69 Å². The largest absolute Gasteiger partial charge is 0.476 e. The lowest BCUT2D eigenvalue weighted by Gasteiger charge is -2.02. The molecule has 0 amide bonds. The van der Waals surface area contributed by atoms with E-state index in [0.29, 0.717) is 11.3 Å². The van der Waals surface area contributed by atoms with Crippen LogP contribution < -0.4 is 0 Å². The van der Waals surface area contributed by atoms with Crippen LogP contribution in [0.3, 0.4) is 0 Å². The summed E-state index contributed by atoms with van der Waals surface area (Å²) in [6, 6.07) is 4.23. The van der Waals surface area contributed by atoms with Crippen molar-refractivity contribution in [2.75, 3.05) is 6.61 Å². The molecule has 0 saturated heterocycles. The monoisotopic (exact) mass is 355 g/mol. The third kappa shape index (κ3) is 3.09. The standard InChI is InChI=1S/C12H10BrN3O5/c13-9-5-8(1-2-10(9)16(20)21)15-6-7(3-4-17)11(14-15)12(18)19/h1-2,5-6,17H,3-4H2,(H,18,19). The number of carbonyl (C=O) groups is 1. The summed E-state index contributed by atoms with van der Waals surface area (Å²) in [5.41, 5.74) is 0.608. The van der Waals surface area contributed by atoms with Crippen molar-refractivity contribution < 1.29 is 19.9 Å². The van der Waals surface area contributed by atoms with Crippen molar-refractivity contribution >= 4 is 27.6 Å². The molecule has 0 aliphatic carbocycles. The van der Waals surface area contributed by atoms with E-state index < -0.39 is 10.9 Å². The molecule has 1 aromatic heterocycles. The van der Waals surface area contributed by atoms with Crippen LogP contribution in [0.2, 0.25) is 0 Å². The van der Waals surface area contributed by atoms with Gasteiger partial charge < -0.3 is 10.2 Å². The van der Waals surface area contributed by atoms with Crippen molar-refractivity contribution in [3.05, 3.63) is 50.2 Å². The quantitative estimate of drug-likeness (QED) is 0.623. The van der Waals surface area contributed by atoms with E-state index in [1.165, 1.54) is 29.1 Å². The first-order valence-corrected chi connectivity index (χ1v) is 6.60. The molecule has 1 heterocycles. The molecule has 0 fully saturated rings. The van der Waals surface area contributed by atoms with Crippen LogP contribution in [0.25, 0.3) is 5.69 Å². The summed E-state index contributed by atoms with van der Waals surface area (Å²) in [7, 11) is 0. The molecule has 0 bridgehead atoms. The number of halogens is 1. The Hall–Kier alpha value is -2.26. The van der Waals surface area contributed by atoms with Crippen LogP contribution in [0.15, 0.2) is 28.9 Å². The summed E-state index contributed by atoms with van der Waals surface area (Å²) in [5, 5.41) is 32.7. The number of aromatic carboxylic acids is 1. The zero-order chi connectivity index (χ0) is 15.6. The fourth-order valence-electron chi connectivity index (χ4n) is 1.81. The molecule has 8 nitrogen and oxygen atoms in total. The Morgan fingerprint density at radius 2 is 2.19 bits per heavy atom. The van der Waals surface area contributed by atoms with Gasteiger partial charge in [-0.3, -0.25) is 10.1 Å². The molecule has 0 spiro atoms. The molecule has 21 heavy (non-hydrogen) atoms. The van der Waals surface area contributed by atoms with Gasteiger partial charge in [0.05, 0.1) is 15.1 Å². The number of nitro groups is 1. The number of carboxylic acids is 1. The number of hydrogen-bond donors (Lipinski definition) is 2. The minimum absolute atomic E-state index is 0.0973. The maximum atomic E-state index is 11.1. The zero-order valence-electron chi connectivity index (χ0n) is 10.6. The van der Waals surface area contributed by atoms with Gasteiger partial charge in [0.25, 0.3) is 5.69 Å². The summed E-state index contributed by atoms with van der Waals surface area (Å²) in [6.07, 6.45) is 1.64. The summed E-state index contributed by atoms with van der Waals surface area (Å²) in [4.78, 5) is 21.3.